The molecule has 0 spiro atoms. The molecular formula is C19H23N5OS2. The number of anilines is 2. The molecule has 1 amide bonds. The largest absolute Gasteiger partial charge is 0.309 e. The molecule has 6 nitrogen and oxygen atoms in total. The molecule has 0 saturated heterocycles. The van der Waals surface area contributed by atoms with Crippen molar-refractivity contribution in [2.45, 2.75) is 45.0 Å². The Morgan fingerprint density at radius 2 is 2.07 bits per heavy atom. The molecule has 0 N–H and O–H groups in total. The number of thioether (sulfide) groups is 1. The topological polar surface area (TPSA) is 63.9 Å². The minimum atomic E-state index is -0.0450. The standard InChI is InChI=1S/C19H23N5OS2/c1-6-17-21-22-19(23(17)5)27-11-15-10-26-18(20-15)24(14(4)25)16-8-7-12(2)9-13(16)3/h7-10H,6,11H2,1-5H3. The molecule has 0 aliphatic carbocycles. The summed E-state index contributed by atoms with van der Waals surface area (Å²) in [5.74, 6) is 1.61. The van der Waals surface area contributed by atoms with Crippen LogP contribution in [0.5, 0.6) is 0 Å². The van der Waals surface area contributed by atoms with Crippen molar-refractivity contribution in [1.82, 2.24) is 19.7 Å². The maximum Gasteiger partial charge on any atom is 0.230 e. The van der Waals surface area contributed by atoms with Crippen LogP contribution in [0.3, 0.4) is 0 Å². The number of nitrogens with zero attached hydrogens (tertiary/aromatic N) is 5. The Bertz CT molecular complexity index is 963. The van der Waals surface area contributed by atoms with Gasteiger partial charge in [0.25, 0.3) is 0 Å². The maximum absolute atomic E-state index is 12.3. The Kier molecular flexibility index (Phi) is 5.96. The van der Waals surface area contributed by atoms with E-state index >= 15 is 0 Å². The number of benzene rings is 1. The Morgan fingerprint density at radius 1 is 1.30 bits per heavy atom. The summed E-state index contributed by atoms with van der Waals surface area (Å²) in [5, 5.41) is 12.0. The van der Waals surface area contributed by atoms with Crippen LogP contribution in [0.25, 0.3) is 0 Å². The van der Waals surface area contributed by atoms with E-state index in [0.29, 0.717) is 10.9 Å². The van der Waals surface area contributed by atoms with Crippen molar-refractivity contribution in [2.75, 3.05) is 4.90 Å². The summed E-state index contributed by atoms with van der Waals surface area (Å²) in [7, 11) is 1.98. The summed E-state index contributed by atoms with van der Waals surface area (Å²) >= 11 is 3.08. The average molecular weight is 402 g/mol. The van der Waals surface area contributed by atoms with E-state index in [1.165, 1.54) is 16.9 Å². The molecule has 0 aliphatic rings. The van der Waals surface area contributed by atoms with Gasteiger partial charge in [-0.1, -0.05) is 36.4 Å². The van der Waals surface area contributed by atoms with Crippen molar-refractivity contribution in [3.05, 3.63) is 46.2 Å². The number of hydrogen-bond donors (Lipinski definition) is 0. The number of aryl methyl sites for hydroxylation is 3. The molecule has 0 unspecified atom stereocenters. The Hall–Kier alpha value is -2.19. The van der Waals surface area contributed by atoms with Gasteiger partial charge >= 0.3 is 0 Å². The molecule has 0 atom stereocenters. The molecule has 0 fully saturated rings. The molecule has 0 aliphatic heterocycles. The third-order valence-corrected chi connectivity index (χ3v) is 6.16. The highest BCUT2D eigenvalue weighted by atomic mass is 32.2. The van der Waals surface area contributed by atoms with Crippen molar-refractivity contribution in [2.24, 2.45) is 7.05 Å². The van der Waals surface area contributed by atoms with Gasteiger partial charge in [-0.25, -0.2) is 4.98 Å². The first-order chi connectivity index (χ1) is 12.9. The highest BCUT2D eigenvalue weighted by molar-refractivity contribution is 7.98. The minimum Gasteiger partial charge on any atom is -0.309 e. The van der Waals surface area contributed by atoms with E-state index in [4.69, 9.17) is 0 Å². The van der Waals surface area contributed by atoms with E-state index in [9.17, 15) is 4.79 Å². The van der Waals surface area contributed by atoms with Crippen molar-refractivity contribution in [3.8, 4) is 0 Å². The van der Waals surface area contributed by atoms with Gasteiger partial charge in [0.2, 0.25) is 5.91 Å². The fraction of sp³-hybridized carbons (Fsp3) is 0.368. The lowest BCUT2D eigenvalue weighted by molar-refractivity contribution is -0.115. The molecule has 3 aromatic rings. The van der Waals surface area contributed by atoms with Crippen molar-refractivity contribution in [3.63, 3.8) is 0 Å². The smallest absolute Gasteiger partial charge is 0.230 e. The summed E-state index contributed by atoms with van der Waals surface area (Å²) < 4.78 is 2.01. The van der Waals surface area contributed by atoms with E-state index in [2.05, 4.69) is 28.2 Å². The summed E-state index contributed by atoms with van der Waals surface area (Å²) in [6.45, 7) is 7.70. The highest BCUT2D eigenvalue weighted by Gasteiger charge is 2.20. The van der Waals surface area contributed by atoms with Crippen molar-refractivity contribution < 1.29 is 4.79 Å². The molecule has 2 heterocycles. The molecule has 2 aromatic heterocycles. The van der Waals surface area contributed by atoms with Crippen LogP contribution in [0.15, 0.2) is 28.7 Å². The van der Waals surface area contributed by atoms with E-state index in [0.717, 1.165) is 34.3 Å². The average Bonchev–Trinajstić information content (AvgIpc) is 3.21. The lowest BCUT2D eigenvalue weighted by atomic mass is 10.1. The van der Waals surface area contributed by atoms with Crippen LogP contribution < -0.4 is 4.90 Å². The van der Waals surface area contributed by atoms with Gasteiger partial charge in [0.05, 0.1) is 11.4 Å². The van der Waals surface area contributed by atoms with Gasteiger partial charge in [0, 0.05) is 31.5 Å². The van der Waals surface area contributed by atoms with Crippen LogP contribution in [0.4, 0.5) is 10.8 Å². The summed E-state index contributed by atoms with van der Waals surface area (Å²) in [6, 6.07) is 6.07. The lowest BCUT2D eigenvalue weighted by Gasteiger charge is -2.20. The lowest BCUT2D eigenvalue weighted by Crippen LogP contribution is -2.23. The maximum atomic E-state index is 12.3. The molecular weight excluding hydrogens is 378 g/mol. The SMILES string of the molecule is CCc1nnc(SCc2csc(N(C(C)=O)c3ccc(C)cc3C)n2)n1C. The zero-order valence-corrected chi connectivity index (χ0v) is 17.8. The van der Waals surface area contributed by atoms with Gasteiger partial charge in [-0.15, -0.1) is 21.5 Å². The zero-order chi connectivity index (χ0) is 19.6. The first-order valence-corrected chi connectivity index (χ1v) is 10.6. The minimum absolute atomic E-state index is 0.0450. The second-order valence-electron chi connectivity index (χ2n) is 6.37. The van der Waals surface area contributed by atoms with E-state index in [-0.39, 0.29) is 5.91 Å². The third kappa shape index (κ3) is 4.22. The highest BCUT2D eigenvalue weighted by Crippen LogP contribution is 2.33. The van der Waals surface area contributed by atoms with Gasteiger partial charge in [-0.05, 0) is 25.5 Å². The molecule has 3 rings (SSSR count). The van der Waals surface area contributed by atoms with Crippen molar-refractivity contribution in [1.29, 1.82) is 0 Å². The third-order valence-electron chi connectivity index (χ3n) is 4.23. The van der Waals surface area contributed by atoms with Gasteiger partial charge in [-0.2, -0.15) is 0 Å². The van der Waals surface area contributed by atoms with Crippen LogP contribution in [-0.2, 0) is 24.0 Å². The molecule has 0 bridgehead atoms. The van der Waals surface area contributed by atoms with Crippen LogP contribution in [0.1, 0.15) is 36.5 Å². The number of aromatic nitrogens is 4. The number of carbonyl (C=O) groups is 1. The number of amides is 1. The monoisotopic (exact) mass is 401 g/mol. The van der Waals surface area contributed by atoms with E-state index in [1.807, 2.05) is 43.0 Å². The second-order valence-corrected chi connectivity index (χ2v) is 8.14. The van der Waals surface area contributed by atoms with Gasteiger partial charge in [0.15, 0.2) is 10.3 Å². The predicted octanol–water partition coefficient (Wildman–Crippen LogP) is 4.43. The molecule has 1 aromatic carbocycles. The quantitative estimate of drug-likeness (QED) is 0.572. The first-order valence-electron chi connectivity index (χ1n) is 8.74. The molecule has 0 radical (unpaired) electrons. The Balaban J connectivity index is 1.80. The normalized spacial score (nSPS) is 11.0. The number of thiazole rings is 1. The molecule has 8 heteroatoms. The van der Waals surface area contributed by atoms with Crippen LogP contribution in [0, 0.1) is 13.8 Å². The summed E-state index contributed by atoms with van der Waals surface area (Å²) in [6.07, 6.45) is 0.856. The number of rotatable bonds is 6. The van der Waals surface area contributed by atoms with Crippen molar-refractivity contribution >= 4 is 39.8 Å². The fourth-order valence-electron chi connectivity index (χ4n) is 2.85. The Labute approximate surface area is 167 Å². The van der Waals surface area contributed by atoms with Gasteiger partial charge in [0.1, 0.15) is 5.82 Å². The first kappa shape index (κ1) is 19.6. The van der Waals surface area contributed by atoms with Gasteiger partial charge < -0.3 is 4.57 Å². The molecule has 27 heavy (non-hydrogen) atoms. The van der Waals surface area contributed by atoms with Gasteiger partial charge in [-0.3, -0.25) is 9.69 Å². The molecule has 0 saturated carbocycles. The van der Waals surface area contributed by atoms with E-state index in [1.54, 1.807) is 23.6 Å². The van der Waals surface area contributed by atoms with Crippen LogP contribution in [0.2, 0.25) is 0 Å². The number of hydrogen-bond acceptors (Lipinski definition) is 6. The van der Waals surface area contributed by atoms with Crippen LogP contribution >= 0.6 is 23.1 Å². The summed E-state index contributed by atoms with van der Waals surface area (Å²) in [5.41, 5.74) is 4.04. The fourth-order valence-corrected chi connectivity index (χ4v) is 4.65. The zero-order valence-electron chi connectivity index (χ0n) is 16.2. The van der Waals surface area contributed by atoms with Crippen LogP contribution in [-0.4, -0.2) is 25.7 Å². The Morgan fingerprint density at radius 3 is 2.70 bits per heavy atom. The predicted molar refractivity (Wildman–Crippen MR) is 111 cm³/mol. The van der Waals surface area contributed by atoms with E-state index < -0.39 is 0 Å². The summed E-state index contributed by atoms with van der Waals surface area (Å²) in [4.78, 5) is 18.7. The second kappa shape index (κ2) is 8.22. The number of carbonyl (C=O) groups excluding carboxylic acids is 1. The molecule has 142 valence electrons.